The van der Waals surface area contributed by atoms with Crippen molar-refractivity contribution in [3.8, 4) is 0 Å². The summed E-state index contributed by atoms with van der Waals surface area (Å²) in [5.74, 6) is -0.101. The van der Waals surface area contributed by atoms with Crippen molar-refractivity contribution in [2.24, 2.45) is 0 Å². The smallest absolute Gasteiger partial charge is 0.244 e. The van der Waals surface area contributed by atoms with E-state index in [1.54, 1.807) is 0 Å². The summed E-state index contributed by atoms with van der Waals surface area (Å²) in [6.45, 7) is 0.564. The van der Waals surface area contributed by atoms with Gasteiger partial charge in [0, 0.05) is 13.0 Å². The predicted molar refractivity (Wildman–Crippen MR) is 68.9 cm³/mol. The molecule has 0 saturated carbocycles. The summed E-state index contributed by atoms with van der Waals surface area (Å²) in [6.07, 6.45) is 3.35. The maximum atomic E-state index is 11.5. The van der Waals surface area contributed by atoms with Gasteiger partial charge in [0.2, 0.25) is 11.8 Å². The number of nitrogens with one attached hydrogen (secondary N) is 2. The number of hydrogen-bond acceptors (Lipinski definition) is 2. The van der Waals surface area contributed by atoms with E-state index in [1.807, 2.05) is 18.2 Å². The van der Waals surface area contributed by atoms with E-state index in [-0.39, 0.29) is 17.9 Å². The van der Waals surface area contributed by atoms with Gasteiger partial charge in [0.1, 0.15) is 6.04 Å². The van der Waals surface area contributed by atoms with Gasteiger partial charge in [-0.25, -0.2) is 0 Å². The normalized spacial score (nSPS) is 17.8. The number of benzene rings is 1. The fraction of sp³-hybridized carbons (Fsp3) is 0.429. The van der Waals surface area contributed by atoms with Crippen molar-refractivity contribution in [1.82, 2.24) is 10.6 Å². The third-order valence-corrected chi connectivity index (χ3v) is 3.09. The molecule has 4 heteroatoms. The van der Waals surface area contributed by atoms with Crippen LogP contribution in [0.5, 0.6) is 0 Å². The molecule has 4 nitrogen and oxygen atoms in total. The monoisotopic (exact) mass is 246 g/mol. The molecule has 1 aliphatic heterocycles. The molecule has 1 aliphatic rings. The van der Waals surface area contributed by atoms with Gasteiger partial charge in [-0.1, -0.05) is 30.3 Å². The van der Waals surface area contributed by atoms with Crippen LogP contribution in [0, 0.1) is 0 Å². The average Bonchev–Trinajstić information content (AvgIpc) is 2.40. The summed E-state index contributed by atoms with van der Waals surface area (Å²) in [5, 5.41) is 5.31. The highest BCUT2D eigenvalue weighted by Crippen LogP contribution is 2.06. The van der Waals surface area contributed by atoms with Gasteiger partial charge >= 0.3 is 0 Å². The van der Waals surface area contributed by atoms with Crippen LogP contribution in [0.2, 0.25) is 0 Å². The molecular formula is C14H18N2O2. The summed E-state index contributed by atoms with van der Waals surface area (Å²) in [4.78, 5) is 22.5. The van der Waals surface area contributed by atoms with Crippen LogP contribution in [0.1, 0.15) is 24.8 Å². The molecule has 1 aromatic rings. The minimum Gasteiger partial charge on any atom is -0.352 e. The second kappa shape index (κ2) is 6.19. The molecule has 1 atom stereocenters. The standard InChI is InChI=1S/C14H18N2O2/c17-13(16-12-10-15-14(12)18)9-5-4-8-11-6-2-1-3-7-11/h1-3,6-7,12H,4-5,8-10H2,(H,15,18)(H,16,17)/t12-/m1/s1. The number of rotatable bonds is 6. The van der Waals surface area contributed by atoms with Gasteiger partial charge in [0.25, 0.3) is 0 Å². The molecule has 1 fully saturated rings. The molecule has 2 amide bonds. The Hall–Kier alpha value is -1.84. The van der Waals surface area contributed by atoms with Crippen molar-refractivity contribution in [2.45, 2.75) is 31.7 Å². The minimum absolute atomic E-state index is 0.0251. The Morgan fingerprint density at radius 3 is 2.67 bits per heavy atom. The Labute approximate surface area is 107 Å². The van der Waals surface area contributed by atoms with E-state index in [0.29, 0.717) is 13.0 Å². The van der Waals surface area contributed by atoms with E-state index in [9.17, 15) is 9.59 Å². The first kappa shape index (κ1) is 12.6. The van der Waals surface area contributed by atoms with Crippen molar-refractivity contribution in [3.63, 3.8) is 0 Å². The highest BCUT2D eigenvalue weighted by molar-refractivity contribution is 5.92. The molecule has 0 unspecified atom stereocenters. The third-order valence-electron chi connectivity index (χ3n) is 3.09. The number of carbonyl (C=O) groups is 2. The van der Waals surface area contributed by atoms with E-state index < -0.39 is 0 Å². The Kier molecular flexibility index (Phi) is 4.34. The van der Waals surface area contributed by atoms with Gasteiger partial charge in [-0.15, -0.1) is 0 Å². The maximum Gasteiger partial charge on any atom is 0.244 e. The van der Waals surface area contributed by atoms with Crippen LogP contribution in [-0.2, 0) is 16.0 Å². The molecular weight excluding hydrogens is 228 g/mol. The van der Waals surface area contributed by atoms with Crippen LogP contribution in [0.15, 0.2) is 30.3 Å². The summed E-state index contributed by atoms with van der Waals surface area (Å²) >= 11 is 0. The number of aryl methyl sites for hydroxylation is 1. The fourth-order valence-electron chi connectivity index (χ4n) is 1.93. The molecule has 2 rings (SSSR count). The Bertz CT molecular complexity index is 417. The molecule has 96 valence electrons. The molecule has 0 aromatic heterocycles. The number of β-lactam (4-membered cyclic amide) rings is 1. The van der Waals surface area contributed by atoms with Crippen LogP contribution < -0.4 is 10.6 Å². The second-order valence-corrected chi connectivity index (χ2v) is 4.56. The summed E-state index contributed by atoms with van der Waals surface area (Å²) in [6, 6.07) is 9.94. The summed E-state index contributed by atoms with van der Waals surface area (Å²) in [7, 11) is 0. The molecule has 18 heavy (non-hydrogen) atoms. The lowest BCUT2D eigenvalue weighted by Crippen LogP contribution is -2.61. The molecule has 1 saturated heterocycles. The van der Waals surface area contributed by atoms with Gasteiger partial charge in [-0.05, 0) is 24.8 Å². The van der Waals surface area contributed by atoms with Crippen LogP contribution in [0.4, 0.5) is 0 Å². The largest absolute Gasteiger partial charge is 0.352 e. The number of unbranched alkanes of at least 4 members (excludes halogenated alkanes) is 1. The Morgan fingerprint density at radius 2 is 2.06 bits per heavy atom. The zero-order valence-corrected chi connectivity index (χ0v) is 10.3. The van der Waals surface area contributed by atoms with Crippen molar-refractivity contribution in [2.75, 3.05) is 6.54 Å². The number of carbonyl (C=O) groups excluding carboxylic acids is 2. The highest BCUT2D eigenvalue weighted by Gasteiger charge is 2.28. The third kappa shape index (κ3) is 3.58. The molecule has 0 spiro atoms. The zero-order valence-electron chi connectivity index (χ0n) is 10.3. The number of hydrogen-bond donors (Lipinski definition) is 2. The van der Waals surface area contributed by atoms with Crippen molar-refractivity contribution in [3.05, 3.63) is 35.9 Å². The van der Waals surface area contributed by atoms with Gasteiger partial charge in [-0.3, -0.25) is 9.59 Å². The summed E-state index contributed by atoms with van der Waals surface area (Å²) < 4.78 is 0. The van der Waals surface area contributed by atoms with Crippen LogP contribution in [0.3, 0.4) is 0 Å². The first-order valence-electron chi connectivity index (χ1n) is 6.37. The predicted octanol–water partition coefficient (Wildman–Crippen LogP) is 1.01. The van der Waals surface area contributed by atoms with E-state index >= 15 is 0 Å². The lowest BCUT2D eigenvalue weighted by molar-refractivity contribution is -0.133. The van der Waals surface area contributed by atoms with Crippen LogP contribution in [-0.4, -0.2) is 24.4 Å². The SMILES string of the molecule is O=C(CCCCc1ccccc1)N[C@@H]1CNC1=O. The average molecular weight is 246 g/mol. The minimum atomic E-state index is -0.299. The molecule has 0 radical (unpaired) electrons. The highest BCUT2D eigenvalue weighted by atomic mass is 16.2. The first-order chi connectivity index (χ1) is 8.75. The molecule has 0 aliphatic carbocycles. The number of amides is 2. The first-order valence-corrected chi connectivity index (χ1v) is 6.37. The molecule has 0 bridgehead atoms. The topological polar surface area (TPSA) is 58.2 Å². The maximum absolute atomic E-state index is 11.5. The quantitative estimate of drug-likeness (QED) is 0.581. The lowest BCUT2D eigenvalue weighted by atomic mass is 10.1. The Balaban J connectivity index is 1.58. The van der Waals surface area contributed by atoms with E-state index in [0.717, 1.165) is 19.3 Å². The van der Waals surface area contributed by atoms with Crippen LogP contribution in [0.25, 0.3) is 0 Å². The van der Waals surface area contributed by atoms with E-state index in [4.69, 9.17) is 0 Å². The van der Waals surface area contributed by atoms with Gasteiger partial charge < -0.3 is 10.6 Å². The Morgan fingerprint density at radius 1 is 1.28 bits per heavy atom. The zero-order chi connectivity index (χ0) is 12.8. The summed E-state index contributed by atoms with van der Waals surface area (Å²) in [5.41, 5.74) is 1.30. The van der Waals surface area contributed by atoms with Gasteiger partial charge in [-0.2, -0.15) is 0 Å². The lowest BCUT2D eigenvalue weighted by Gasteiger charge is -2.26. The molecule has 2 N–H and O–H groups in total. The van der Waals surface area contributed by atoms with Crippen molar-refractivity contribution >= 4 is 11.8 Å². The van der Waals surface area contributed by atoms with Crippen LogP contribution >= 0.6 is 0 Å². The molecule has 1 aromatic carbocycles. The van der Waals surface area contributed by atoms with Gasteiger partial charge in [0.05, 0.1) is 0 Å². The van der Waals surface area contributed by atoms with E-state index in [1.165, 1.54) is 5.56 Å². The fourth-order valence-corrected chi connectivity index (χ4v) is 1.93. The van der Waals surface area contributed by atoms with Crippen molar-refractivity contribution < 1.29 is 9.59 Å². The van der Waals surface area contributed by atoms with Gasteiger partial charge in [0.15, 0.2) is 0 Å². The molecule has 1 heterocycles. The van der Waals surface area contributed by atoms with Crippen molar-refractivity contribution in [1.29, 1.82) is 0 Å². The second-order valence-electron chi connectivity index (χ2n) is 4.56. The van der Waals surface area contributed by atoms with E-state index in [2.05, 4.69) is 22.8 Å².